The molecule has 2 unspecified atom stereocenters. The van der Waals surface area contributed by atoms with Crippen molar-refractivity contribution in [3.63, 3.8) is 0 Å². The van der Waals surface area contributed by atoms with Gasteiger partial charge in [-0.1, -0.05) is 81.4 Å². The lowest BCUT2D eigenvalue weighted by molar-refractivity contribution is -0.136. The van der Waals surface area contributed by atoms with Crippen LogP contribution in [0.2, 0.25) is 36.3 Å². The van der Waals surface area contributed by atoms with Gasteiger partial charge >= 0.3 is 19.1 Å². The van der Waals surface area contributed by atoms with E-state index in [1.807, 2.05) is 45.9 Å². The van der Waals surface area contributed by atoms with Crippen LogP contribution < -0.4 is 14.9 Å². The number of ether oxygens (including phenoxy) is 4. The number of halogens is 1. The van der Waals surface area contributed by atoms with Gasteiger partial charge in [-0.15, -0.1) is 0 Å². The molecule has 12 nitrogen and oxygen atoms in total. The predicted octanol–water partition coefficient (Wildman–Crippen LogP) is 11.6. The van der Waals surface area contributed by atoms with E-state index in [-0.39, 0.29) is 68.3 Å². The van der Waals surface area contributed by atoms with E-state index in [0.717, 1.165) is 20.4 Å². The van der Waals surface area contributed by atoms with Crippen LogP contribution in [0, 0.1) is 27.2 Å². The van der Waals surface area contributed by atoms with Gasteiger partial charge in [-0.2, -0.15) is 0 Å². The maximum Gasteiger partial charge on any atom is 0.498 e. The Kier molecular flexibility index (Phi) is 18.8. The second-order valence-corrected chi connectivity index (χ2v) is 34.4. The van der Waals surface area contributed by atoms with E-state index >= 15 is 0 Å². The third-order valence-corrected chi connectivity index (χ3v) is 25.8. The molecule has 0 spiro atoms. The van der Waals surface area contributed by atoms with Gasteiger partial charge in [0, 0.05) is 41.6 Å². The molecule has 1 heterocycles. The summed E-state index contributed by atoms with van der Waals surface area (Å²) in [6, 6.07) is 7.43. The highest BCUT2D eigenvalue weighted by Crippen LogP contribution is 2.46. The number of allylic oxidation sites excluding steroid dienone is 2. The molecule has 3 aliphatic rings. The van der Waals surface area contributed by atoms with E-state index in [2.05, 4.69) is 118 Å². The number of Topliss-reactive ketones (excluding diaryl/α,β-unsaturated/α-hetero) is 2. The van der Waals surface area contributed by atoms with E-state index in [9.17, 15) is 19.2 Å². The molecule has 70 heavy (non-hydrogen) atoms. The normalized spacial score (nSPS) is 19.9. The van der Waals surface area contributed by atoms with Crippen LogP contribution in [-0.4, -0.2) is 100 Å². The molecule has 4 atom stereocenters. The monoisotopic (exact) mass is 1120 g/mol. The van der Waals surface area contributed by atoms with Gasteiger partial charge in [-0.05, 0) is 146 Å². The Bertz CT molecular complexity index is 2340. The molecular formula is C54H82BIO12Si2. The first-order valence-corrected chi connectivity index (χ1v) is 31.3. The Morgan fingerprint density at radius 2 is 1.00 bits per heavy atom. The number of rotatable bonds is 15. The van der Waals surface area contributed by atoms with Crippen LogP contribution in [0.1, 0.15) is 141 Å². The lowest BCUT2D eigenvalue weighted by Gasteiger charge is -2.40. The lowest BCUT2D eigenvalue weighted by atomic mass is 9.69. The van der Waals surface area contributed by atoms with Crippen molar-refractivity contribution in [3.8, 4) is 11.5 Å². The van der Waals surface area contributed by atoms with Gasteiger partial charge in [-0.25, -0.2) is 9.59 Å². The van der Waals surface area contributed by atoms with Gasteiger partial charge in [0.15, 0.2) is 28.2 Å². The van der Waals surface area contributed by atoms with E-state index in [4.69, 9.17) is 37.1 Å². The highest BCUT2D eigenvalue weighted by molar-refractivity contribution is 14.1. The van der Waals surface area contributed by atoms with E-state index in [1.165, 1.54) is 14.2 Å². The fourth-order valence-electron chi connectivity index (χ4n) is 8.31. The zero-order valence-electron chi connectivity index (χ0n) is 46.2. The number of fused-ring (bicyclic) bond motifs is 2. The molecule has 2 aromatic rings. The molecule has 0 N–H and O–H groups in total. The highest BCUT2D eigenvalue weighted by atomic mass is 127. The summed E-state index contributed by atoms with van der Waals surface area (Å²) in [6.07, 6.45) is 3.55. The number of hydrogen-bond donors (Lipinski definition) is 0. The number of esters is 2. The Morgan fingerprint density at radius 3 is 1.33 bits per heavy atom. The summed E-state index contributed by atoms with van der Waals surface area (Å²) in [7, 11) is 1.11. The molecule has 2 aliphatic carbocycles. The quantitative estimate of drug-likeness (QED) is 0.0725. The molecular weight excluding hydrogens is 1030 g/mol. The number of ketones is 2. The zero-order valence-corrected chi connectivity index (χ0v) is 50.4. The first-order chi connectivity index (χ1) is 32.0. The fraction of sp³-hybridized carbons (Fsp3) is 0.630. The molecule has 0 radical (unpaired) electrons. The third-order valence-electron chi connectivity index (χ3n) is 16.0. The Balaban J connectivity index is 0.000000313. The molecule has 0 aromatic heterocycles. The van der Waals surface area contributed by atoms with Crippen molar-refractivity contribution in [2.24, 2.45) is 23.7 Å². The van der Waals surface area contributed by atoms with E-state index in [0.29, 0.717) is 35.6 Å². The average Bonchev–Trinajstić information content (AvgIpc) is 3.48. The fourth-order valence-corrected chi connectivity index (χ4v) is 11.1. The maximum atomic E-state index is 13.7. The van der Waals surface area contributed by atoms with Gasteiger partial charge in [0.05, 0.1) is 43.2 Å². The average molecular weight is 1120 g/mol. The molecule has 5 rings (SSSR count). The summed E-state index contributed by atoms with van der Waals surface area (Å²) in [5, 5.41) is 0.157. The van der Waals surface area contributed by atoms with Crippen LogP contribution in [-0.2, 0) is 37.2 Å². The van der Waals surface area contributed by atoms with Gasteiger partial charge < -0.3 is 37.1 Å². The van der Waals surface area contributed by atoms with Crippen LogP contribution in [0.3, 0.4) is 0 Å². The Hall–Kier alpha value is -3.13. The smallest absolute Gasteiger partial charge is 0.497 e. The van der Waals surface area contributed by atoms with Crippen LogP contribution in [0.15, 0.2) is 47.6 Å². The largest absolute Gasteiger partial charge is 0.498 e. The van der Waals surface area contributed by atoms with Crippen LogP contribution >= 0.6 is 22.6 Å². The minimum atomic E-state index is -2.04. The van der Waals surface area contributed by atoms with Crippen molar-refractivity contribution in [1.29, 1.82) is 0 Å². The lowest BCUT2D eigenvalue weighted by Crippen LogP contribution is -2.43. The first kappa shape index (κ1) is 59.4. The molecule has 388 valence electrons. The number of hydrogen-bond acceptors (Lipinski definition) is 12. The van der Waals surface area contributed by atoms with Gasteiger partial charge in [0.1, 0.15) is 22.6 Å². The second kappa shape index (κ2) is 22.1. The minimum absolute atomic E-state index is 0.0121. The molecule has 0 amide bonds. The summed E-state index contributed by atoms with van der Waals surface area (Å²) in [5.74, 6) is -0.434. The predicted molar refractivity (Wildman–Crippen MR) is 292 cm³/mol. The van der Waals surface area contributed by atoms with Crippen molar-refractivity contribution in [2.75, 3.05) is 41.7 Å². The Labute approximate surface area is 435 Å². The number of carbonyl (C=O) groups excluding carboxylic acids is 4. The molecule has 1 saturated heterocycles. The van der Waals surface area contributed by atoms with E-state index in [1.54, 1.807) is 32.4 Å². The van der Waals surface area contributed by atoms with Crippen LogP contribution in [0.4, 0.5) is 0 Å². The minimum Gasteiger partial charge on any atom is -0.497 e. The van der Waals surface area contributed by atoms with Gasteiger partial charge in [0.2, 0.25) is 0 Å². The standard InChI is InChI=1S/C30H47BO7Si.C24H35IO5Si/c1-18(2)23(17-36-39(12,13)28(3,4)5)19-14-22(27(33)35-11)26(32)21-15-24(25(34-10)16-20(19)21)31-37-29(6,7)30(8,9)38-31;1-14(2)19(13-30-31(8,9)24(3,4)5)15-10-18(23(27)29-7)22(26)17-11-20(25)21(28-6)12-16(15)17/h14-16,18-19,23H,17H2,1-13H3;10-12,14-15,19H,13H2,1-9H3/t19?,23-;15?,19-/m11/s1. The molecule has 1 aliphatic heterocycles. The van der Waals surface area contributed by atoms with Gasteiger partial charge in [0.25, 0.3) is 0 Å². The summed E-state index contributed by atoms with van der Waals surface area (Å²) in [6.45, 7) is 39.9. The van der Waals surface area contributed by atoms with Crippen molar-refractivity contribution in [3.05, 3.63) is 73.4 Å². The maximum absolute atomic E-state index is 13.7. The van der Waals surface area contributed by atoms with E-state index < -0.39 is 46.9 Å². The van der Waals surface area contributed by atoms with Crippen LogP contribution in [0.25, 0.3) is 0 Å². The van der Waals surface area contributed by atoms with Gasteiger partial charge in [-0.3, -0.25) is 9.59 Å². The second-order valence-electron chi connectivity index (χ2n) is 23.7. The van der Waals surface area contributed by atoms with Crippen LogP contribution in [0.5, 0.6) is 11.5 Å². The molecule has 16 heteroatoms. The number of methoxy groups -OCH3 is 4. The molecule has 0 bridgehead atoms. The third kappa shape index (κ3) is 12.4. The summed E-state index contributed by atoms with van der Waals surface area (Å²) >= 11 is 2.15. The molecule has 2 aromatic carbocycles. The molecule has 0 saturated carbocycles. The van der Waals surface area contributed by atoms with Crippen molar-refractivity contribution in [2.45, 2.75) is 156 Å². The summed E-state index contributed by atoms with van der Waals surface area (Å²) in [4.78, 5) is 52.0. The SMILES string of the molecule is COC(=O)C1=CC([C@H](CO[Si](C)(C)C(C)(C)C)C(C)C)c2cc(OC)c(B3OC(C)(C)C(C)(C)O3)cc2C1=O.COC(=O)C1=CC([C@H](CO[Si](C)(C)C(C)(C)C)C(C)C)c2cc(OC)c(I)cc2C1=O. The first-order valence-electron chi connectivity index (χ1n) is 24.4. The van der Waals surface area contributed by atoms with Crippen molar-refractivity contribution < 1.29 is 56.3 Å². The highest BCUT2D eigenvalue weighted by Gasteiger charge is 2.53. The molecule has 1 fully saturated rings. The number of benzene rings is 2. The summed E-state index contributed by atoms with van der Waals surface area (Å²) < 4.78 is 48.0. The zero-order chi connectivity index (χ0) is 53.4. The Morgan fingerprint density at radius 1 is 0.643 bits per heavy atom. The van der Waals surface area contributed by atoms with Crippen molar-refractivity contribution in [1.82, 2.24) is 0 Å². The number of carbonyl (C=O) groups is 4. The summed E-state index contributed by atoms with van der Waals surface area (Å²) in [5.41, 5.74) is 2.29. The van der Waals surface area contributed by atoms with Crippen molar-refractivity contribution >= 4 is 75.3 Å². The topological polar surface area (TPSA) is 142 Å².